The number of piperidine rings is 1. The Morgan fingerprint density at radius 3 is 2.53 bits per heavy atom. The van der Waals surface area contributed by atoms with Gasteiger partial charge in [-0.25, -0.2) is 18.7 Å². The van der Waals surface area contributed by atoms with E-state index in [9.17, 15) is 23.9 Å². The van der Waals surface area contributed by atoms with E-state index in [1.54, 1.807) is 18.2 Å². The largest absolute Gasteiger partial charge is 0.490 e. The number of carboxylic acid groups (broad SMARTS) is 1. The maximum Gasteiger partial charge on any atom is 0.320 e. The number of rotatable bonds is 12. The number of nitrogens with zero attached hydrogens (tertiary/aromatic N) is 6. The molecule has 3 aliphatic rings. The normalized spacial score (nSPS) is 19.6. The van der Waals surface area contributed by atoms with Crippen LogP contribution in [0.15, 0.2) is 48.5 Å². The number of ether oxygens (including phenoxy) is 2. The SMILES string of the molecule is N#CCC1(Cn2c(CN3CCC(Oc4ccc(F)c(COc5ccc(C#N)cc5F)c4)CC3)nc3ccc(C4C#CC4C(=O)O)nc32)CC1. The highest BCUT2D eigenvalue weighted by atomic mass is 19.1. The van der Waals surface area contributed by atoms with Gasteiger partial charge in [-0.1, -0.05) is 11.8 Å². The van der Waals surface area contributed by atoms with Crippen molar-refractivity contribution < 1.29 is 28.2 Å². The molecule has 1 aliphatic heterocycles. The first-order valence-electron chi connectivity index (χ1n) is 16.2. The third-order valence-corrected chi connectivity index (χ3v) is 9.57. The van der Waals surface area contributed by atoms with E-state index in [-0.39, 0.29) is 35.0 Å². The van der Waals surface area contributed by atoms with Crippen molar-refractivity contribution in [2.45, 2.75) is 63.8 Å². The van der Waals surface area contributed by atoms with Crippen molar-refractivity contribution in [2.75, 3.05) is 13.1 Å². The number of likely N-dealkylation sites (tertiary alicyclic amines) is 1. The van der Waals surface area contributed by atoms with Gasteiger partial charge in [0.2, 0.25) is 0 Å². The molecule has 248 valence electrons. The number of halogens is 2. The number of nitriles is 2. The van der Waals surface area contributed by atoms with Crippen molar-refractivity contribution in [1.82, 2.24) is 19.4 Å². The van der Waals surface area contributed by atoms with Crippen molar-refractivity contribution in [3.8, 4) is 35.5 Å². The molecule has 2 atom stereocenters. The summed E-state index contributed by atoms with van der Waals surface area (Å²) in [6.07, 6.45) is 3.75. The lowest BCUT2D eigenvalue weighted by Crippen LogP contribution is -2.38. The molecule has 10 nitrogen and oxygen atoms in total. The fourth-order valence-electron chi connectivity index (χ4n) is 6.45. The van der Waals surface area contributed by atoms with Gasteiger partial charge >= 0.3 is 5.97 Å². The average molecular weight is 663 g/mol. The van der Waals surface area contributed by atoms with E-state index in [1.165, 1.54) is 18.2 Å². The first-order chi connectivity index (χ1) is 23.7. The molecule has 2 unspecified atom stereocenters. The van der Waals surface area contributed by atoms with E-state index in [2.05, 4.69) is 27.4 Å². The number of benzene rings is 2. The Balaban J connectivity index is 1.01. The Morgan fingerprint density at radius 1 is 1.04 bits per heavy atom. The molecule has 49 heavy (non-hydrogen) atoms. The predicted molar refractivity (Wildman–Crippen MR) is 172 cm³/mol. The molecule has 1 saturated carbocycles. The number of fused-ring (bicyclic) bond motifs is 1. The number of aliphatic carboxylic acids is 1. The number of carbonyl (C=O) groups is 1. The van der Waals surface area contributed by atoms with E-state index in [0.717, 1.165) is 56.2 Å². The fourth-order valence-corrected chi connectivity index (χ4v) is 6.45. The zero-order chi connectivity index (χ0) is 34.1. The molecule has 2 aromatic carbocycles. The average Bonchev–Trinajstić information content (AvgIpc) is 3.75. The molecule has 7 rings (SSSR count). The second-order valence-corrected chi connectivity index (χ2v) is 13.0. The summed E-state index contributed by atoms with van der Waals surface area (Å²) in [7, 11) is 0. The summed E-state index contributed by atoms with van der Waals surface area (Å²) in [6, 6.07) is 16.2. The zero-order valence-electron chi connectivity index (χ0n) is 26.5. The maximum absolute atomic E-state index is 14.6. The first kappa shape index (κ1) is 32.1. The van der Waals surface area contributed by atoms with Gasteiger partial charge in [0.05, 0.1) is 35.9 Å². The van der Waals surface area contributed by atoms with Crippen LogP contribution in [0, 0.1) is 57.5 Å². The third-order valence-electron chi connectivity index (χ3n) is 9.57. The van der Waals surface area contributed by atoms with Crippen molar-refractivity contribution in [3.05, 3.63) is 82.8 Å². The molecule has 1 N–H and O–H groups in total. The highest BCUT2D eigenvalue weighted by Gasteiger charge is 2.44. The van der Waals surface area contributed by atoms with Crippen molar-refractivity contribution in [3.63, 3.8) is 0 Å². The van der Waals surface area contributed by atoms with E-state index in [4.69, 9.17) is 24.7 Å². The van der Waals surface area contributed by atoms with Gasteiger partial charge in [0, 0.05) is 37.0 Å². The van der Waals surface area contributed by atoms with Crippen LogP contribution >= 0.6 is 0 Å². The van der Waals surface area contributed by atoms with Crippen LogP contribution in [0.5, 0.6) is 11.5 Å². The quantitative estimate of drug-likeness (QED) is 0.190. The van der Waals surface area contributed by atoms with Gasteiger partial charge in [-0.3, -0.25) is 9.69 Å². The highest BCUT2D eigenvalue weighted by molar-refractivity contribution is 5.79. The number of hydrogen-bond donors (Lipinski definition) is 1. The van der Waals surface area contributed by atoms with E-state index in [0.29, 0.717) is 36.6 Å². The predicted octanol–water partition coefficient (Wildman–Crippen LogP) is 5.70. The van der Waals surface area contributed by atoms with Gasteiger partial charge in [0.15, 0.2) is 17.2 Å². The van der Waals surface area contributed by atoms with Crippen LogP contribution in [0.2, 0.25) is 0 Å². The Kier molecular flexibility index (Phi) is 8.62. The van der Waals surface area contributed by atoms with E-state index >= 15 is 0 Å². The number of hydrogen-bond acceptors (Lipinski definition) is 8. The van der Waals surface area contributed by atoms with E-state index < -0.39 is 29.4 Å². The highest BCUT2D eigenvalue weighted by Crippen LogP contribution is 2.50. The molecule has 12 heteroatoms. The maximum atomic E-state index is 14.6. The Bertz CT molecular complexity index is 2080. The summed E-state index contributed by atoms with van der Waals surface area (Å²) in [5.74, 6) is 3.55. The van der Waals surface area contributed by atoms with Crippen LogP contribution < -0.4 is 9.47 Å². The summed E-state index contributed by atoms with van der Waals surface area (Å²) in [5.41, 5.74) is 2.31. The molecule has 1 saturated heterocycles. The molecule has 2 fully saturated rings. The number of pyridine rings is 1. The van der Waals surface area contributed by atoms with Crippen molar-refractivity contribution >= 4 is 17.1 Å². The second kappa shape index (κ2) is 13.2. The summed E-state index contributed by atoms with van der Waals surface area (Å²) in [5, 5.41) is 27.9. The molecular formula is C37H32F2N6O4. The molecule has 0 amide bonds. The van der Waals surface area contributed by atoms with Gasteiger partial charge in [-0.15, -0.1) is 0 Å². The summed E-state index contributed by atoms with van der Waals surface area (Å²) >= 11 is 0. The second-order valence-electron chi connectivity index (χ2n) is 13.0. The Labute approximate surface area is 281 Å². The minimum absolute atomic E-state index is 0.0706. The standard InChI is InChI=1S/C37H32F2N6O4/c38-29-5-2-26(18-24(29)21-48-33-8-1-23(19-41)17-30(33)39)49-25-9-15-44(16-10-25)20-34-42-32-7-6-31(27-3-4-28(27)36(46)47)43-35(32)45(34)22-37(11-12-37)13-14-40/h1-2,5-8,17-18,25,27-28H,9-13,15-16,20-22H2,(H,46,47). The van der Waals surface area contributed by atoms with Crippen LogP contribution in [0.1, 0.15) is 60.7 Å². The summed E-state index contributed by atoms with van der Waals surface area (Å²) in [4.78, 5) is 23.7. The summed E-state index contributed by atoms with van der Waals surface area (Å²) in [6.45, 7) is 2.47. The minimum Gasteiger partial charge on any atom is -0.490 e. The molecule has 0 bridgehead atoms. The molecule has 0 radical (unpaired) electrons. The smallest absolute Gasteiger partial charge is 0.320 e. The Hall–Kier alpha value is -5.51. The lowest BCUT2D eigenvalue weighted by molar-refractivity contribution is -0.140. The van der Waals surface area contributed by atoms with Crippen LogP contribution in [0.4, 0.5) is 8.78 Å². The van der Waals surface area contributed by atoms with Gasteiger partial charge in [-0.2, -0.15) is 10.5 Å². The van der Waals surface area contributed by atoms with Crippen LogP contribution in [0.3, 0.4) is 0 Å². The first-order valence-corrected chi connectivity index (χ1v) is 16.2. The number of carboxylic acids is 1. The molecule has 3 heterocycles. The monoisotopic (exact) mass is 662 g/mol. The topological polar surface area (TPSA) is 137 Å². The van der Waals surface area contributed by atoms with Gasteiger partial charge < -0.3 is 19.1 Å². The molecular weight excluding hydrogens is 630 g/mol. The van der Waals surface area contributed by atoms with Crippen molar-refractivity contribution in [2.24, 2.45) is 11.3 Å². The minimum atomic E-state index is -0.955. The molecule has 0 spiro atoms. The number of imidazole rings is 1. The van der Waals surface area contributed by atoms with Crippen LogP contribution in [-0.4, -0.2) is 49.7 Å². The molecule has 2 aliphatic carbocycles. The van der Waals surface area contributed by atoms with Gasteiger partial charge in [0.25, 0.3) is 0 Å². The van der Waals surface area contributed by atoms with Crippen molar-refractivity contribution in [1.29, 1.82) is 10.5 Å². The van der Waals surface area contributed by atoms with Gasteiger partial charge in [-0.05, 0) is 74.2 Å². The van der Waals surface area contributed by atoms with Crippen LogP contribution in [0.25, 0.3) is 11.2 Å². The van der Waals surface area contributed by atoms with Gasteiger partial charge in [0.1, 0.15) is 41.5 Å². The van der Waals surface area contributed by atoms with E-state index in [1.807, 2.05) is 12.1 Å². The van der Waals surface area contributed by atoms with Crippen LogP contribution in [-0.2, 0) is 24.5 Å². The third kappa shape index (κ3) is 6.76. The molecule has 4 aromatic rings. The Morgan fingerprint density at radius 2 is 1.86 bits per heavy atom. The number of aromatic nitrogens is 3. The lowest BCUT2D eigenvalue weighted by atomic mass is 9.83. The molecule has 2 aromatic heterocycles. The zero-order valence-corrected chi connectivity index (χ0v) is 26.5. The summed E-state index contributed by atoms with van der Waals surface area (Å²) < 4.78 is 42.7. The fraction of sp³-hybridized carbons (Fsp3) is 0.378. The lowest BCUT2D eigenvalue weighted by Gasteiger charge is -2.32.